The second-order valence-corrected chi connectivity index (χ2v) is 11.3. The topological polar surface area (TPSA) is 247 Å². The Balaban J connectivity index is 2.16. The van der Waals surface area contributed by atoms with Crippen LogP contribution in [-0.2, 0) is 80.9 Å². The summed E-state index contributed by atoms with van der Waals surface area (Å²) in [4.78, 5) is 85.4. The van der Waals surface area contributed by atoms with Gasteiger partial charge in [-0.1, -0.05) is 0 Å². The molecule has 2 saturated heterocycles. The molecule has 2 N–H and O–H groups in total. The summed E-state index contributed by atoms with van der Waals surface area (Å²) in [7, 11) is 0. The van der Waals surface area contributed by atoms with Crippen molar-refractivity contribution in [2.24, 2.45) is 0 Å². The lowest BCUT2D eigenvalue weighted by molar-refractivity contribution is -0.354. The zero-order valence-electron chi connectivity index (χ0n) is 28.9. The van der Waals surface area contributed by atoms with Crippen LogP contribution in [0.3, 0.4) is 0 Å². The van der Waals surface area contributed by atoms with E-state index < -0.39 is 116 Å². The smallest absolute Gasteiger partial charge is 0.303 e. The van der Waals surface area contributed by atoms with E-state index in [1.807, 2.05) is 0 Å². The Morgan fingerprint density at radius 1 is 0.510 bits per heavy atom. The molecule has 2 aliphatic heterocycles. The second-order valence-electron chi connectivity index (χ2n) is 11.3. The number of anilines is 1. The predicted molar refractivity (Wildman–Crippen MR) is 165 cm³/mol. The minimum atomic E-state index is -1.80. The summed E-state index contributed by atoms with van der Waals surface area (Å²) < 4.78 is 62.3. The highest BCUT2D eigenvalue weighted by atomic mass is 16.8. The van der Waals surface area contributed by atoms with E-state index in [9.17, 15) is 33.6 Å². The normalized spacial score (nSPS) is 28.6. The first kappa shape index (κ1) is 40.4. The van der Waals surface area contributed by atoms with Gasteiger partial charge in [-0.15, -0.1) is 0 Å². The average Bonchev–Trinajstić information content (AvgIpc) is 3.00. The largest absolute Gasteiger partial charge is 0.463 e. The molecule has 10 atom stereocenters. The number of nitrogen functional groups attached to an aromatic ring is 1. The van der Waals surface area contributed by atoms with E-state index in [2.05, 4.69) is 0 Å². The number of rotatable bonds is 13. The van der Waals surface area contributed by atoms with Crippen LogP contribution in [-0.4, -0.2) is 116 Å². The first-order chi connectivity index (χ1) is 23.9. The van der Waals surface area contributed by atoms with Crippen molar-refractivity contribution in [1.29, 1.82) is 0 Å². The van der Waals surface area contributed by atoms with Gasteiger partial charge in [0, 0.05) is 54.2 Å². The first-order valence-corrected chi connectivity index (χ1v) is 15.6. The van der Waals surface area contributed by atoms with Crippen molar-refractivity contribution in [2.75, 3.05) is 18.9 Å². The zero-order valence-corrected chi connectivity index (χ0v) is 28.9. The van der Waals surface area contributed by atoms with E-state index in [0.29, 0.717) is 5.69 Å². The Kier molecular flexibility index (Phi) is 14.5. The number of nitrogens with two attached hydrogens (primary N) is 1. The van der Waals surface area contributed by atoms with Crippen molar-refractivity contribution in [1.82, 2.24) is 0 Å². The predicted octanol–water partition coefficient (Wildman–Crippen LogP) is 0.267. The molecule has 0 aromatic heterocycles. The summed E-state index contributed by atoms with van der Waals surface area (Å²) in [6, 6.07) is 6.03. The first-order valence-electron chi connectivity index (χ1n) is 15.6. The van der Waals surface area contributed by atoms with E-state index in [1.165, 1.54) is 24.3 Å². The molecule has 2 aliphatic rings. The van der Waals surface area contributed by atoms with Crippen LogP contribution in [0.15, 0.2) is 24.3 Å². The van der Waals surface area contributed by atoms with Gasteiger partial charge in [-0.3, -0.25) is 33.6 Å². The molecule has 19 nitrogen and oxygen atoms in total. The average molecular weight is 728 g/mol. The molecular weight excluding hydrogens is 686 g/mol. The number of esters is 7. The minimum Gasteiger partial charge on any atom is -0.463 e. The highest BCUT2D eigenvalue weighted by molar-refractivity contribution is 5.69. The summed E-state index contributed by atoms with van der Waals surface area (Å²) in [6.07, 6.45) is -15.7. The number of carbonyl (C=O) groups is 7. The molecule has 2 heterocycles. The number of hydrogen-bond donors (Lipinski definition) is 1. The summed E-state index contributed by atoms with van der Waals surface area (Å²) in [5, 5.41) is 0. The monoisotopic (exact) mass is 727 g/mol. The molecule has 1 aromatic carbocycles. The maximum absolute atomic E-state index is 12.5. The molecule has 3 rings (SSSR count). The Labute approximate surface area is 292 Å². The van der Waals surface area contributed by atoms with Gasteiger partial charge in [0.2, 0.25) is 12.4 Å². The fraction of sp³-hybridized carbons (Fsp3) is 0.594. The zero-order chi connectivity index (χ0) is 38.0. The molecule has 1 aromatic rings. The molecule has 282 valence electrons. The van der Waals surface area contributed by atoms with E-state index >= 15 is 0 Å². The number of carbonyl (C=O) groups excluding carboxylic acids is 7. The van der Waals surface area contributed by atoms with Gasteiger partial charge in [-0.2, -0.15) is 0 Å². The molecule has 0 bridgehead atoms. The van der Waals surface area contributed by atoms with Crippen LogP contribution in [0.5, 0.6) is 5.75 Å². The summed E-state index contributed by atoms with van der Waals surface area (Å²) >= 11 is 0. The fourth-order valence-electron chi connectivity index (χ4n) is 5.25. The molecular formula is C32H41NO18. The lowest BCUT2D eigenvalue weighted by Crippen LogP contribution is -2.67. The number of hydrogen-bond acceptors (Lipinski definition) is 19. The summed E-state index contributed by atoms with van der Waals surface area (Å²) in [5.41, 5.74) is 6.19. The molecule has 51 heavy (non-hydrogen) atoms. The van der Waals surface area contributed by atoms with Crippen molar-refractivity contribution in [2.45, 2.75) is 110 Å². The van der Waals surface area contributed by atoms with Crippen molar-refractivity contribution < 1.29 is 85.7 Å². The van der Waals surface area contributed by atoms with Gasteiger partial charge >= 0.3 is 41.8 Å². The highest BCUT2D eigenvalue weighted by Gasteiger charge is 2.58. The van der Waals surface area contributed by atoms with E-state index in [1.54, 1.807) is 0 Å². The lowest BCUT2D eigenvalue weighted by atomic mass is 9.96. The number of benzene rings is 1. The third kappa shape index (κ3) is 12.1. The van der Waals surface area contributed by atoms with Crippen molar-refractivity contribution in [3.8, 4) is 5.75 Å². The third-order valence-electron chi connectivity index (χ3n) is 7.02. The van der Waals surface area contributed by atoms with Gasteiger partial charge in [-0.05, 0) is 24.3 Å². The van der Waals surface area contributed by atoms with Crippen molar-refractivity contribution in [3.63, 3.8) is 0 Å². The molecule has 0 unspecified atom stereocenters. The van der Waals surface area contributed by atoms with Crippen LogP contribution >= 0.6 is 0 Å². The molecule has 2 fully saturated rings. The number of ether oxygens (including phenoxy) is 11. The Morgan fingerprint density at radius 2 is 0.882 bits per heavy atom. The third-order valence-corrected chi connectivity index (χ3v) is 7.02. The Hall–Kier alpha value is -5.01. The van der Waals surface area contributed by atoms with Crippen LogP contribution in [0, 0.1) is 0 Å². The fourth-order valence-corrected chi connectivity index (χ4v) is 5.25. The maximum Gasteiger partial charge on any atom is 0.303 e. The highest BCUT2D eigenvalue weighted by Crippen LogP contribution is 2.36. The summed E-state index contributed by atoms with van der Waals surface area (Å²) in [5.74, 6) is -5.71. The van der Waals surface area contributed by atoms with Crippen molar-refractivity contribution >= 4 is 47.5 Å². The molecule has 0 saturated carbocycles. The van der Waals surface area contributed by atoms with Crippen LogP contribution < -0.4 is 10.5 Å². The van der Waals surface area contributed by atoms with Crippen LogP contribution in [0.25, 0.3) is 0 Å². The maximum atomic E-state index is 12.5. The van der Waals surface area contributed by atoms with Crippen LogP contribution in [0.2, 0.25) is 0 Å². The summed E-state index contributed by atoms with van der Waals surface area (Å²) in [6.45, 7) is 6.33. The molecule has 0 radical (unpaired) electrons. The molecule has 0 spiro atoms. The van der Waals surface area contributed by atoms with E-state index in [-0.39, 0.29) is 5.75 Å². The van der Waals surface area contributed by atoms with Gasteiger partial charge < -0.3 is 57.8 Å². The lowest BCUT2D eigenvalue weighted by Gasteiger charge is -2.48. The van der Waals surface area contributed by atoms with E-state index in [4.69, 9.17) is 57.8 Å². The molecule has 19 heteroatoms. The van der Waals surface area contributed by atoms with Gasteiger partial charge in [0.05, 0.1) is 0 Å². The molecule has 0 aliphatic carbocycles. The van der Waals surface area contributed by atoms with E-state index in [0.717, 1.165) is 48.5 Å². The Bertz CT molecular complexity index is 1430. The minimum absolute atomic E-state index is 0.193. The van der Waals surface area contributed by atoms with Gasteiger partial charge in [0.25, 0.3) is 0 Å². The van der Waals surface area contributed by atoms with Gasteiger partial charge in [0.15, 0.2) is 30.7 Å². The second kappa shape index (κ2) is 18.3. The van der Waals surface area contributed by atoms with Crippen LogP contribution in [0.1, 0.15) is 48.5 Å². The van der Waals surface area contributed by atoms with Crippen molar-refractivity contribution in [3.05, 3.63) is 24.3 Å². The Morgan fingerprint density at radius 3 is 1.33 bits per heavy atom. The standard InChI is InChI=1S/C32H41NO18/c1-14(34)41-12-23-25(43-16(3)36)27(44-17(4)37)30(47-20(7)40)32(50-23)51-26-24(13-42-15(2)35)49-31(48-22-10-8-21(33)9-11-22)29(46-19(6)39)28(26)45-18(5)38/h8-11,23-32H,12-13,33H2,1-7H3/t23-,24-,25-,26-,27+,28+,29-,30-,31+,32-/m1/s1. The van der Waals surface area contributed by atoms with Gasteiger partial charge in [-0.25, -0.2) is 0 Å². The molecule has 0 amide bonds. The van der Waals surface area contributed by atoms with Crippen LogP contribution in [0.4, 0.5) is 5.69 Å². The van der Waals surface area contributed by atoms with Gasteiger partial charge in [0.1, 0.15) is 37.3 Å². The SMILES string of the molecule is CC(=O)OC[C@H]1O[C@H](O[C@H]2[C@H](OC(C)=O)[C@@H](OC(C)=O)[C@@H](Oc3ccc(N)cc3)O[C@@H]2COC(C)=O)[C@H](OC(C)=O)[C@@H](OC(C)=O)[C@@H]1OC(C)=O. The quantitative estimate of drug-likeness (QED) is 0.163.